The van der Waals surface area contributed by atoms with Crippen LogP contribution >= 0.6 is 0 Å². The van der Waals surface area contributed by atoms with Crippen molar-refractivity contribution in [1.82, 2.24) is 0 Å². The molecule has 0 heterocycles. The molecule has 0 spiro atoms. The monoisotopic (exact) mass is 354 g/mol. The molecule has 3 fully saturated rings. The first-order valence-corrected chi connectivity index (χ1v) is 10.3. The first-order valence-electron chi connectivity index (χ1n) is 10.3. The molecule has 140 valence electrons. The lowest BCUT2D eigenvalue weighted by molar-refractivity contribution is -0.134. The first kappa shape index (κ1) is 18.0. The summed E-state index contributed by atoms with van der Waals surface area (Å²) in [6, 6.07) is 0. The highest BCUT2D eigenvalue weighted by Gasteiger charge is 2.61. The van der Waals surface area contributed by atoms with Gasteiger partial charge in [0.25, 0.3) is 0 Å². The van der Waals surface area contributed by atoms with Crippen LogP contribution in [0.2, 0.25) is 0 Å². The molecule has 1 N–H and O–H groups in total. The van der Waals surface area contributed by atoms with E-state index in [9.17, 15) is 14.7 Å². The fourth-order valence-electron chi connectivity index (χ4n) is 7.49. The molecular formula is C23H30O3. The Morgan fingerprint density at radius 3 is 2.77 bits per heavy atom. The van der Waals surface area contributed by atoms with E-state index in [0.29, 0.717) is 36.4 Å². The van der Waals surface area contributed by atoms with Crippen molar-refractivity contribution in [1.29, 1.82) is 0 Å². The molecule has 3 saturated carbocycles. The molecule has 4 aliphatic rings. The van der Waals surface area contributed by atoms with Crippen molar-refractivity contribution >= 4 is 11.6 Å². The third-order valence-corrected chi connectivity index (χ3v) is 8.65. The molecule has 3 nitrogen and oxygen atoms in total. The van der Waals surface area contributed by atoms with Crippen molar-refractivity contribution < 1.29 is 14.7 Å². The van der Waals surface area contributed by atoms with Crippen molar-refractivity contribution in [3.8, 4) is 12.3 Å². The molecule has 6 atom stereocenters. The number of ketones is 2. The number of Topliss-reactive ketones (excluding diaryl/α,β-unsaturated/α-hetero) is 1. The van der Waals surface area contributed by atoms with Gasteiger partial charge in [-0.1, -0.05) is 12.5 Å². The van der Waals surface area contributed by atoms with E-state index >= 15 is 0 Å². The van der Waals surface area contributed by atoms with E-state index in [-0.39, 0.29) is 29.1 Å². The smallest absolute Gasteiger partial charge is 0.161 e. The van der Waals surface area contributed by atoms with Gasteiger partial charge in [0.05, 0.1) is 0 Å². The summed E-state index contributed by atoms with van der Waals surface area (Å²) in [7, 11) is 0. The predicted octanol–water partition coefficient (Wildman–Crippen LogP) is 3.70. The maximum atomic E-state index is 12.5. The fraction of sp³-hybridized carbons (Fsp3) is 0.739. The van der Waals surface area contributed by atoms with Crippen LogP contribution in [0, 0.1) is 46.8 Å². The molecule has 0 radical (unpaired) electrons. The van der Waals surface area contributed by atoms with Crippen LogP contribution in [0.1, 0.15) is 64.7 Å². The Labute approximate surface area is 156 Å². The SMILES string of the molecule is C#CCC12CC[C@H]3[C@@H](CCC4=CC(=O)CC[C@@]43C)[C@@H]1CC[C@@H]2C(=O)CO. The molecule has 0 amide bonds. The molecule has 4 aliphatic carbocycles. The van der Waals surface area contributed by atoms with Crippen LogP contribution in [0.3, 0.4) is 0 Å². The zero-order valence-electron chi connectivity index (χ0n) is 15.8. The summed E-state index contributed by atoms with van der Waals surface area (Å²) >= 11 is 0. The number of aliphatic hydroxyl groups is 1. The number of carbonyl (C=O) groups excluding carboxylic acids is 2. The summed E-state index contributed by atoms with van der Waals surface area (Å²) in [5, 5.41) is 9.48. The van der Waals surface area contributed by atoms with Crippen molar-refractivity contribution in [2.45, 2.75) is 64.7 Å². The Kier molecular flexibility index (Phi) is 4.39. The number of terminal acetylenes is 1. The quantitative estimate of drug-likeness (QED) is 0.786. The van der Waals surface area contributed by atoms with Gasteiger partial charge >= 0.3 is 0 Å². The zero-order chi connectivity index (χ0) is 18.5. The van der Waals surface area contributed by atoms with E-state index < -0.39 is 0 Å². The van der Waals surface area contributed by atoms with Crippen LogP contribution in [0.5, 0.6) is 0 Å². The highest BCUT2D eigenvalue weighted by atomic mass is 16.3. The van der Waals surface area contributed by atoms with Crippen molar-refractivity contribution in [2.24, 2.45) is 34.5 Å². The summed E-state index contributed by atoms with van der Waals surface area (Å²) in [5.74, 6) is 4.81. The molecule has 3 heteroatoms. The minimum Gasteiger partial charge on any atom is -0.389 e. The van der Waals surface area contributed by atoms with Crippen molar-refractivity contribution in [3.63, 3.8) is 0 Å². The van der Waals surface area contributed by atoms with Crippen molar-refractivity contribution in [2.75, 3.05) is 6.61 Å². The molecule has 0 aromatic rings. The third kappa shape index (κ3) is 2.38. The largest absolute Gasteiger partial charge is 0.389 e. The lowest BCUT2D eigenvalue weighted by Crippen LogP contribution is -2.52. The lowest BCUT2D eigenvalue weighted by atomic mass is 9.46. The highest BCUT2D eigenvalue weighted by molar-refractivity contribution is 5.91. The lowest BCUT2D eigenvalue weighted by Gasteiger charge is -2.58. The number of fused-ring (bicyclic) bond motifs is 5. The van der Waals surface area contributed by atoms with E-state index in [2.05, 4.69) is 12.8 Å². The van der Waals surface area contributed by atoms with Gasteiger partial charge in [-0.05, 0) is 79.6 Å². The van der Waals surface area contributed by atoms with Crippen LogP contribution in [-0.2, 0) is 9.59 Å². The highest BCUT2D eigenvalue weighted by Crippen LogP contribution is 2.67. The predicted molar refractivity (Wildman–Crippen MR) is 100 cm³/mol. The molecule has 0 saturated heterocycles. The molecule has 0 aromatic carbocycles. The van der Waals surface area contributed by atoms with Gasteiger partial charge < -0.3 is 5.11 Å². The van der Waals surface area contributed by atoms with E-state index in [0.717, 1.165) is 44.9 Å². The van der Waals surface area contributed by atoms with Crippen LogP contribution in [0.4, 0.5) is 0 Å². The van der Waals surface area contributed by atoms with Gasteiger partial charge in [0, 0.05) is 18.8 Å². The van der Waals surface area contributed by atoms with Crippen molar-refractivity contribution in [3.05, 3.63) is 11.6 Å². The normalized spacial score (nSPS) is 44.3. The topological polar surface area (TPSA) is 54.4 Å². The number of rotatable bonds is 3. The minimum absolute atomic E-state index is 0.00734. The first-order chi connectivity index (χ1) is 12.5. The molecule has 4 rings (SSSR count). The Morgan fingerprint density at radius 2 is 2.04 bits per heavy atom. The summed E-state index contributed by atoms with van der Waals surface area (Å²) in [4.78, 5) is 24.4. The second-order valence-corrected chi connectivity index (χ2v) is 9.38. The Morgan fingerprint density at radius 1 is 1.23 bits per heavy atom. The molecule has 0 bridgehead atoms. The van der Waals surface area contributed by atoms with Gasteiger partial charge in [-0.2, -0.15) is 0 Å². The average molecular weight is 354 g/mol. The van der Waals surface area contributed by atoms with Crippen LogP contribution in [0.25, 0.3) is 0 Å². The van der Waals surface area contributed by atoms with Gasteiger partial charge in [0.2, 0.25) is 0 Å². The van der Waals surface area contributed by atoms with E-state index in [1.807, 2.05) is 6.08 Å². The zero-order valence-corrected chi connectivity index (χ0v) is 15.8. The number of aliphatic hydroxyl groups excluding tert-OH is 1. The van der Waals surface area contributed by atoms with E-state index in [1.165, 1.54) is 5.57 Å². The average Bonchev–Trinajstić information content (AvgIpc) is 3.01. The molecule has 0 aliphatic heterocycles. The van der Waals surface area contributed by atoms with Gasteiger partial charge in [-0.15, -0.1) is 12.3 Å². The van der Waals surface area contributed by atoms with E-state index in [4.69, 9.17) is 6.42 Å². The second kappa shape index (κ2) is 6.34. The maximum Gasteiger partial charge on any atom is 0.161 e. The number of hydrogen-bond donors (Lipinski definition) is 1. The van der Waals surface area contributed by atoms with Gasteiger partial charge in [-0.25, -0.2) is 0 Å². The van der Waals surface area contributed by atoms with Crippen LogP contribution in [-0.4, -0.2) is 23.3 Å². The third-order valence-electron chi connectivity index (χ3n) is 8.65. The second-order valence-electron chi connectivity index (χ2n) is 9.38. The maximum absolute atomic E-state index is 12.5. The van der Waals surface area contributed by atoms with E-state index in [1.54, 1.807) is 0 Å². The summed E-state index contributed by atoms with van der Waals surface area (Å²) in [5.41, 5.74) is 1.43. The van der Waals surface area contributed by atoms with Gasteiger partial charge in [0.15, 0.2) is 11.6 Å². The summed E-state index contributed by atoms with van der Waals surface area (Å²) in [6.07, 6.45) is 16.2. The number of hydrogen-bond acceptors (Lipinski definition) is 3. The Hall–Kier alpha value is -1.40. The molecule has 26 heavy (non-hydrogen) atoms. The molecule has 0 aromatic heterocycles. The van der Waals surface area contributed by atoms with Crippen LogP contribution in [0.15, 0.2) is 11.6 Å². The van der Waals surface area contributed by atoms with Gasteiger partial charge in [0.1, 0.15) is 6.61 Å². The fourth-order valence-corrected chi connectivity index (χ4v) is 7.49. The Bertz CT molecular complexity index is 699. The number of carbonyl (C=O) groups is 2. The van der Waals surface area contributed by atoms with Crippen LogP contribution < -0.4 is 0 Å². The van der Waals surface area contributed by atoms with Gasteiger partial charge in [-0.3, -0.25) is 9.59 Å². The molecular weight excluding hydrogens is 324 g/mol. The Balaban J connectivity index is 1.69. The summed E-state index contributed by atoms with van der Waals surface area (Å²) < 4.78 is 0. The molecule has 1 unspecified atom stereocenters. The minimum atomic E-state index is -0.357. The number of allylic oxidation sites excluding steroid dienone is 1. The summed E-state index contributed by atoms with van der Waals surface area (Å²) in [6.45, 7) is 2.02. The standard InChI is InChI=1S/C23H30O3/c1-3-10-23-12-9-18-17(19(23)6-7-20(23)21(26)14-24)5-4-15-13-16(25)8-11-22(15,18)2/h1,13,17-20,24H,4-12,14H2,2H3/t17-,18+,19+,20-,22+,23?/m1/s1.